The summed E-state index contributed by atoms with van der Waals surface area (Å²) >= 11 is 0. The molecule has 2 unspecified atom stereocenters. The lowest BCUT2D eigenvalue weighted by atomic mass is 9.93. The zero-order valence-electron chi connectivity index (χ0n) is 21.4. The average Bonchev–Trinajstić information content (AvgIpc) is 3.40. The zero-order valence-corrected chi connectivity index (χ0v) is 22.3. The molecule has 5 N–H and O–H groups in total. The van der Waals surface area contributed by atoms with Crippen molar-refractivity contribution in [2.75, 3.05) is 12.3 Å². The van der Waals surface area contributed by atoms with E-state index in [2.05, 4.69) is 15.2 Å². The SMILES string of the molecule is CC(C)OC(=O)[C@H](C)NP(=O)(OCC1O[C@@](C)(c2ccc3c(N)ncnn23)[C@H](O)[C@@H]1O)Oc1ccccc1. The van der Waals surface area contributed by atoms with Crippen LogP contribution in [0.1, 0.15) is 33.4 Å². The maximum absolute atomic E-state index is 13.7. The van der Waals surface area contributed by atoms with Gasteiger partial charge in [0.1, 0.15) is 47.5 Å². The predicted octanol–water partition coefficient (Wildman–Crippen LogP) is 1.78. The third-order valence-corrected chi connectivity index (χ3v) is 7.73. The first-order valence-electron chi connectivity index (χ1n) is 12.0. The van der Waals surface area contributed by atoms with Crippen LogP contribution >= 0.6 is 7.75 Å². The van der Waals surface area contributed by atoms with E-state index in [0.717, 1.165) is 0 Å². The number of para-hydroxylation sites is 1. The Balaban J connectivity index is 1.54. The molecule has 0 bridgehead atoms. The fourth-order valence-electron chi connectivity index (χ4n) is 4.16. The fraction of sp³-hybridized carbons (Fsp3) is 0.458. The Bertz CT molecular complexity index is 1320. The van der Waals surface area contributed by atoms with Crippen LogP contribution in [0, 0.1) is 0 Å². The summed E-state index contributed by atoms with van der Waals surface area (Å²) in [6.45, 7) is 5.98. The summed E-state index contributed by atoms with van der Waals surface area (Å²) in [5, 5.41) is 28.5. The van der Waals surface area contributed by atoms with Crippen molar-refractivity contribution in [2.24, 2.45) is 0 Å². The molecule has 1 aliphatic heterocycles. The number of benzene rings is 1. The molecule has 206 valence electrons. The lowest BCUT2D eigenvalue weighted by Gasteiger charge is -2.27. The van der Waals surface area contributed by atoms with Crippen molar-refractivity contribution in [1.82, 2.24) is 19.7 Å². The number of aliphatic hydroxyl groups is 2. The number of carbonyl (C=O) groups excluding carboxylic acids is 1. The van der Waals surface area contributed by atoms with E-state index in [-0.39, 0.29) is 17.7 Å². The molecule has 0 aliphatic carbocycles. The number of aliphatic hydroxyl groups excluding tert-OH is 2. The van der Waals surface area contributed by atoms with Gasteiger partial charge in [-0.2, -0.15) is 10.2 Å². The molecule has 1 saturated heterocycles. The molecule has 0 saturated carbocycles. The largest absolute Gasteiger partial charge is 0.462 e. The number of fused-ring (bicyclic) bond motifs is 1. The Morgan fingerprint density at radius 3 is 2.63 bits per heavy atom. The standard InChI is InChI=1S/C24H32N5O8P/c1-14(2)35-23(32)15(3)28-38(33,37-16-8-6-5-7-9-16)34-12-18-20(30)21(31)24(4,36-18)19-11-10-17-22(25)26-13-27-29(17)19/h5-11,13-15,18,20-21,30-31H,12H2,1-4H3,(H,28,33)(H2,25,26,27)/t15-,18?,20+,21+,24-,38?/m0/s1. The van der Waals surface area contributed by atoms with Crippen LogP contribution in [0.3, 0.4) is 0 Å². The number of anilines is 1. The van der Waals surface area contributed by atoms with Gasteiger partial charge < -0.3 is 29.9 Å². The molecule has 1 aromatic carbocycles. The predicted molar refractivity (Wildman–Crippen MR) is 136 cm³/mol. The number of nitrogens with two attached hydrogens (primary N) is 1. The van der Waals surface area contributed by atoms with Gasteiger partial charge in [0.05, 0.1) is 18.4 Å². The van der Waals surface area contributed by atoms with Crippen LogP contribution in [0.25, 0.3) is 5.52 Å². The smallest absolute Gasteiger partial charge is 0.459 e. The monoisotopic (exact) mass is 549 g/mol. The highest BCUT2D eigenvalue weighted by Crippen LogP contribution is 2.47. The number of nitrogen functional groups attached to an aromatic ring is 1. The van der Waals surface area contributed by atoms with Crippen LogP contribution in [0.2, 0.25) is 0 Å². The number of hydrogen-bond donors (Lipinski definition) is 4. The van der Waals surface area contributed by atoms with Gasteiger partial charge in [-0.05, 0) is 52.0 Å². The van der Waals surface area contributed by atoms with Crippen molar-refractivity contribution in [3.63, 3.8) is 0 Å². The highest BCUT2D eigenvalue weighted by atomic mass is 31.2. The van der Waals surface area contributed by atoms with E-state index in [1.807, 2.05) is 0 Å². The minimum Gasteiger partial charge on any atom is -0.462 e. The van der Waals surface area contributed by atoms with E-state index >= 15 is 0 Å². The zero-order chi connectivity index (χ0) is 27.7. The second-order valence-electron chi connectivity index (χ2n) is 9.39. The van der Waals surface area contributed by atoms with Crippen molar-refractivity contribution in [1.29, 1.82) is 0 Å². The van der Waals surface area contributed by atoms with Gasteiger partial charge in [0.2, 0.25) is 0 Å². The van der Waals surface area contributed by atoms with Crippen LogP contribution in [0.15, 0.2) is 48.8 Å². The lowest BCUT2D eigenvalue weighted by Crippen LogP contribution is -2.40. The first-order chi connectivity index (χ1) is 17.9. The topological polar surface area (TPSA) is 180 Å². The molecule has 6 atom stereocenters. The summed E-state index contributed by atoms with van der Waals surface area (Å²) < 4.78 is 37.7. The maximum atomic E-state index is 13.7. The molecular formula is C24H32N5O8P. The van der Waals surface area contributed by atoms with Gasteiger partial charge in [-0.3, -0.25) is 9.32 Å². The Kier molecular flexibility index (Phi) is 8.07. The van der Waals surface area contributed by atoms with E-state index in [4.69, 9.17) is 24.3 Å². The van der Waals surface area contributed by atoms with Crippen molar-refractivity contribution in [2.45, 2.75) is 63.8 Å². The Hall–Kier alpha value is -3.06. The van der Waals surface area contributed by atoms with Gasteiger partial charge >= 0.3 is 13.7 Å². The quantitative estimate of drug-likeness (QED) is 0.213. The fourth-order valence-corrected chi connectivity index (χ4v) is 5.66. The molecule has 0 amide bonds. The van der Waals surface area contributed by atoms with E-state index in [1.54, 1.807) is 63.2 Å². The number of rotatable bonds is 10. The first kappa shape index (κ1) is 28.0. The van der Waals surface area contributed by atoms with Gasteiger partial charge in [-0.1, -0.05) is 18.2 Å². The number of carbonyl (C=O) groups is 1. The maximum Gasteiger partial charge on any atom is 0.459 e. The van der Waals surface area contributed by atoms with E-state index in [0.29, 0.717) is 11.2 Å². The van der Waals surface area contributed by atoms with Gasteiger partial charge in [0.25, 0.3) is 0 Å². The summed E-state index contributed by atoms with van der Waals surface area (Å²) in [5.74, 6) is -0.192. The summed E-state index contributed by atoms with van der Waals surface area (Å²) in [7, 11) is -4.21. The van der Waals surface area contributed by atoms with Crippen molar-refractivity contribution in [3.8, 4) is 5.75 Å². The average molecular weight is 550 g/mol. The second-order valence-corrected chi connectivity index (χ2v) is 11.1. The van der Waals surface area contributed by atoms with E-state index in [9.17, 15) is 19.6 Å². The molecule has 2 aromatic heterocycles. The third kappa shape index (κ3) is 5.68. The summed E-state index contributed by atoms with van der Waals surface area (Å²) in [6.07, 6.45) is -3.05. The molecule has 1 fully saturated rings. The van der Waals surface area contributed by atoms with Gasteiger partial charge in [0.15, 0.2) is 5.82 Å². The molecule has 14 heteroatoms. The number of aromatic nitrogens is 3. The Morgan fingerprint density at radius 1 is 1.24 bits per heavy atom. The van der Waals surface area contributed by atoms with Crippen molar-refractivity contribution < 1.29 is 38.1 Å². The molecule has 1 aliphatic rings. The van der Waals surface area contributed by atoms with Gasteiger partial charge in [-0.25, -0.2) is 14.1 Å². The van der Waals surface area contributed by atoms with E-state index < -0.39 is 50.3 Å². The number of nitrogens with zero attached hydrogens (tertiary/aromatic N) is 3. The highest BCUT2D eigenvalue weighted by molar-refractivity contribution is 7.52. The molecule has 0 radical (unpaired) electrons. The van der Waals surface area contributed by atoms with Crippen LogP contribution in [-0.4, -0.2) is 67.8 Å². The summed E-state index contributed by atoms with van der Waals surface area (Å²) in [6, 6.07) is 10.5. The van der Waals surface area contributed by atoms with Crippen LogP contribution in [-0.2, 0) is 29.0 Å². The second kappa shape index (κ2) is 11.0. The van der Waals surface area contributed by atoms with Crippen LogP contribution in [0.5, 0.6) is 5.75 Å². The molecule has 38 heavy (non-hydrogen) atoms. The van der Waals surface area contributed by atoms with Gasteiger partial charge in [-0.15, -0.1) is 0 Å². The molecular weight excluding hydrogens is 517 g/mol. The van der Waals surface area contributed by atoms with Crippen molar-refractivity contribution in [3.05, 3.63) is 54.5 Å². The number of ether oxygens (including phenoxy) is 2. The highest BCUT2D eigenvalue weighted by Gasteiger charge is 2.54. The Morgan fingerprint density at radius 2 is 1.95 bits per heavy atom. The number of nitrogens with one attached hydrogen (secondary N) is 1. The van der Waals surface area contributed by atoms with Crippen molar-refractivity contribution >= 4 is 25.1 Å². The number of hydrogen-bond acceptors (Lipinski definition) is 11. The number of esters is 1. The molecule has 0 spiro atoms. The molecule has 3 heterocycles. The summed E-state index contributed by atoms with van der Waals surface area (Å²) in [5.41, 5.74) is 5.41. The minimum atomic E-state index is -4.21. The molecule has 4 rings (SSSR count). The third-order valence-electron chi connectivity index (χ3n) is 6.09. The van der Waals surface area contributed by atoms with E-state index in [1.165, 1.54) is 17.8 Å². The molecule has 13 nitrogen and oxygen atoms in total. The normalized spacial score (nSPS) is 25.8. The Labute approximate surface area is 219 Å². The lowest BCUT2D eigenvalue weighted by molar-refractivity contribution is -0.149. The minimum absolute atomic E-state index is 0.224. The summed E-state index contributed by atoms with van der Waals surface area (Å²) in [4.78, 5) is 16.3. The van der Waals surface area contributed by atoms with Gasteiger partial charge in [0, 0.05) is 0 Å². The first-order valence-corrected chi connectivity index (χ1v) is 13.6. The van der Waals surface area contributed by atoms with Crippen LogP contribution in [0.4, 0.5) is 5.82 Å². The molecule has 3 aromatic rings. The van der Waals surface area contributed by atoms with Crippen LogP contribution < -0.4 is 15.3 Å².